The monoisotopic (exact) mass is 225 g/mol. The summed E-state index contributed by atoms with van der Waals surface area (Å²) >= 11 is 0. The van der Waals surface area contributed by atoms with Gasteiger partial charge < -0.3 is 10.6 Å². The molecule has 16 heavy (non-hydrogen) atoms. The van der Waals surface area contributed by atoms with Crippen molar-refractivity contribution in [1.82, 2.24) is 19.9 Å². The number of hydrogen-bond donors (Lipinski definition) is 1. The summed E-state index contributed by atoms with van der Waals surface area (Å²) in [5.41, 5.74) is 6.10. The van der Waals surface area contributed by atoms with Gasteiger partial charge in [0.05, 0.1) is 11.9 Å². The van der Waals surface area contributed by atoms with Gasteiger partial charge in [0.1, 0.15) is 6.54 Å². The zero-order valence-corrected chi connectivity index (χ0v) is 10.1. The molecule has 90 valence electrons. The summed E-state index contributed by atoms with van der Waals surface area (Å²) in [5.74, 6) is 0.492. The lowest BCUT2D eigenvalue weighted by molar-refractivity contribution is -0.131. The summed E-state index contributed by atoms with van der Waals surface area (Å²) in [6.45, 7) is 5.46. The minimum atomic E-state index is 0.0298. The number of aromatic nitrogens is 3. The molecule has 6 nitrogen and oxygen atoms in total. The highest BCUT2D eigenvalue weighted by molar-refractivity contribution is 5.75. The summed E-state index contributed by atoms with van der Waals surface area (Å²) in [5, 5.41) is 7.65. The first-order valence-corrected chi connectivity index (χ1v) is 5.36. The van der Waals surface area contributed by atoms with E-state index in [-0.39, 0.29) is 12.5 Å². The lowest BCUT2D eigenvalue weighted by Crippen LogP contribution is -2.33. The van der Waals surface area contributed by atoms with Gasteiger partial charge in [-0.3, -0.25) is 4.79 Å². The molecule has 0 aliphatic heterocycles. The van der Waals surface area contributed by atoms with Crippen LogP contribution in [0.15, 0.2) is 6.20 Å². The van der Waals surface area contributed by atoms with Crippen molar-refractivity contribution >= 4 is 5.91 Å². The Labute approximate surface area is 95.4 Å². The third-order valence-electron chi connectivity index (χ3n) is 2.16. The number of amides is 1. The Balaban J connectivity index is 2.50. The normalized spacial score (nSPS) is 10.8. The molecule has 0 aromatic carbocycles. The van der Waals surface area contributed by atoms with E-state index in [0.717, 1.165) is 6.54 Å². The van der Waals surface area contributed by atoms with E-state index < -0.39 is 0 Å². The number of carbonyl (C=O) groups excluding carboxylic acids is 1. The van der Waals surface area contributed by atoms with Gasteiger partial charge in [-0.25, -0.2) is 4.68 Å². The third-order valence-corrected chi connectivity index (χ3v) is 2.16. The van der Waals surface area contributed by atoms with Crippen molar-refractivity contribution in [2.45, 2.75) is 26.9 Å². The van der Waals surface area contributed by atoms with Gasteiger partial charge in [0.2, 0.25) is 5.91 Å². The summed E-state index contributed by atoms with van der Waals surface area (Å²) in [6.07, 6.45) is 1.70. The lowest BCUT2D eigenvalue weighted by atomic mass is 10.2. The Kier molecular flexibility index (Phi) is 4.42. The molecule has 0 unspecified atom stereocenters. The molecular weight excluding hydrogens is 206 g/mol. The smallest absolute Gasteiger partial charge is 0.244 e. The van der Waals surface area contributed by atoms with Crippen molar-refractivity contribution in [2.75, 3.05) is 13.6 Å². The second kappa shape index (κ2) is 5.60. The van der Waals surface area contributed by atoms with Gasteiger partial charge in [0, 0.05) is 20.1 Å². The van der Waals surface area contributed by atoms with Crippen LogP contribution in [0.1, 0.15) is 19.5 Å². The quantitative estimate of drug-likeness (QED) is 0.756. The molecule has 1 aromatic heterocycles. The standard InChI is InChI=1S/C10H19N5O/c1-8(2)5-14(3)10(16)7-15-6-9(4-11)12-13-15/h6,8H,4-5,7,11H2,1-3H3. The topological polar surface area (TPSA) is 77.0 Å². The molecule has 0 saturated heterocycles. The van der Waals surface area contributed by atoms with E-state index in [0.29, 0.717) is 18.2 Å². The zero-order chi connectivity index (χ0) is 12.1. The fourth-order valence-electron chi connectivity index (χ4n) is 1.42. The largest absolute Gasteiger partial charge is 0.344 e. The lowest BCUT2D eigenvalue weighted by Gasteiger charge is -2.18. The molecule has 1 heterocycles. The maximum absolute atomic E-state index is 11.8. The van der Waals surface area contributed by atoms with Crippen molar-refractivity contribution in [3.05, 3.63) is 11.9 Å². The highest BCUT2D eigenvalue weighted by Gasteiger charge is 2.11. The predicted octanol–water partition coefficient (Wildman–Crippen LogP) is -0.149. The van der Waals surface area contributed by atoms with Crippen molar-refractivity contribution in [3.8, 4) is 0 Å². The average molecular weight is 225 g/mol. The Morgan fingerprint density at radius 2 is 2.31 bits per heavy atom. The first kappa shape index (κ1) is 12.6. The Morgan fingerprint density at radius 3 is 2.81 bits per heavy atom. The van der Waals surface area contributed by atoms with Crippen LogP contribution in [-0.4, -0.2) is 39.4 Å². The second-order valence-corrected chi connectivity index (χ2v) is 4.28. The van der Waals surface area contributed by atoms with Crippen LogP contribution in [0.25, 0.3) is 0 Å². The van der Waals surface area contributed by atoms with Crippen LogP contribution in [0.5, 0.6) is 0 Å². The van der Waals surface area contributed by atoms with Gasteiger partial charge in [0.15, 0.2) is 0 Å². The van der Waals surface area contributed by atoms with E-state index in [1.807, 2.05) is 0 Å². The molecule has 0 spiro atoms. The van der Waals surface area contributed by atoms with Crippen LogP contribution in [0.4, 0.5) is 0 Å². The highest BCUT2D eigenvalue weighted by Crippen LogP contribution is 1.98. The van der Waals surface area contributed by atoms with Gasteiger partial charge in [-0.1, -0.05) is 19.1 Å². The van der Waals surface area contributed by atoms with E-state index in [9.17, 15) is 4.79 Å². The molecule has 0 fully saturated rings. The molecule has 0 aliphatic carbocycles. The van der Waals surface area contributed by atoms with Gasteiger partial charge >= 0.3 is 0 Å². The van der Waals surface area contributed by atoms with Crippen molar-refractivity contribution < 1.29 is 4.79 Å². The van der Waals surface area contributed by atoms with Crippen molar-refractivity contribution in [2.24, 2.45) is 11.7 Å². The molecule has 1 aromatic rings. The molecule has 0 aliphatic rings. The van der Waals surface area contributed by atoms with Crippen LogP contribution in [0, 0.1) is 5.92 Å². The first-order chi connectivity index (χ1) is 7.52. The molecule has 2 N–H and O–H groups in total. The summed E-state index contributed by atoms with van der Waals surface area (Å²) in [7, 11) is 1.79. The second-order valence-electron chi connectivity index (χ2n) is 4.28. The zero-order valence-electron chi connectivity index (χ0n) is 10.1. The fraction of sp³-hybridized carbons (Fsp3) is 0.700. The third kappa shape index (κ3) is 3.62. The van der Waals surface area contributed by atoms with Gasteiger partial charge in [-0.2, -0.15) is 0 Å². The van der Waals surface area contributed by atoms with Crippen LogP contribution in [0.2, 0.25) is 0 Å². The van der Waals surface area contributed by atoms with Crippen LogP contribution in [0.3, 0.4) is 0 Å². The Bertz CT molecular complexity index is 347. The molecule has 0 saturated carbocycles. The van der Waals surface area contributed by atoms with Crippen molar-refractivity contribution in [1.29, 1.82) is 0 Å². The summed E-state index contributed by atoms with van der Waals surface area (Å²) in [4.78, 5) is 13.5. The fourth-order valence-corrected chi connectivity index (χ4v) is 1.42. The number of likely N-dealkylation sites (N-methyl/N-ethyl adjacent to an activating group) is 1. The van der Waals surface area contributed by atoms with E-state index in [1.165, 1.54) is 4.68 Å². The minimum absolute atomic E-state index is 0.0298. The summed E-state index contributed by atoms with van der Waals surface area (Å²) in [6, 6.07) is 0. The predicted molar refractivity (Wildman–Crippen MR) is 60.4 cm³/mol. The Hall–Kier alpha value is -1.43. The number of carbonyl (C=O) groups is 1. The van der Waals surface area contributed by atoms with E-state index >= 15 is 0 Å². The van der Waals surface area contributed by atoms with Crippen molar-refractivity contribution in [3.63, 3.8) is 0 Å². The van der Waals surface area contributed by atoms with E-state index in [1.54, 1.807) is 18.1 Å². The number of rotatable bonds is 5. The minimum Gasteiger partial charge on any atom is -0.344 e. The van der Waals surface area contributed by atoms with E-state index in [2.05, 4.69) is 24.2 Å². The van der Waals surface area contributed by atoms with Gasteiger partial charge in [0.25, 0.3) is 0 Å². The van der Waals surface area contributed by atoms with E-state index in [4.69, 9.17) is 5.73 Å². The maximum atomic E-state index is 11.8. The highest BCUT2D eigenvalue weighted by atomic mass is 16.2. The van der Waals surface area contributed by atoms with Crippen LogP contribution in [-0.2, 0) is 17.9 Å². The molecule has 1 rings (SSSR count). The molecule has 1 amide bonds. The number of nitrogens with two attached hydrogens (primary N) is 1. The Morgan fingerprint density at radius 1 is 1.62 bits per heavy atom. The molecule has 0 radical (unpaired) electrons. The van der Waals surface area contributed by atoms with Crippen LogP contribution >= 0.6 is 0 Å². The van der Waals surface area contributed by atoms with Gasteiger partial charge in [-0.15, -0.1) is 5.10 Å². The number of hydrogen-bond acceptors (Lipinski definition) is 4. The summed E-state index contributed by atoms with van der Waals surface area (Å²) < 4.78 is 1.52. The molecule has 6 heteroatoms. The molecule has 0 atom stereocenters. The average Bonchev–Trinajstić information content (AvgIpc) is 2.64. The molecule has 0 bridgehead atoms. The maximum Gasteiger partial charge on any atom is 0.244 e. The first-order valence-electron chi connectivity index (χ1n) is 5.36. The number of nitrogens with zero attached hydrogens (tertiary/aromatic N) is 4. The molecular formula is C10H19N5O. The SMILES string of the molecule is CC(C)CN(C)C(=O)Cn1cc(CN)nn1. The van der Waals surface area contributed by atoms with Crippen LogP contribution < -0.4 is 5.73 Å². The van der Waals surface area contributed by atoms with Gasteiger partial charge in [-0.05, 0) is 5.92 Å².